The second-order valence-corrected chi connectivity index (χ2v) is 7.83. The molecule has 0 radical (unpaired) electrons. The van der Waals surface area contributed by atoms with Gasteiger partial charge in [0, 0.05) is 31.7 Å². The van der Waals surface area contributed by atoms with E-state index in [0.717, 1.165) is 0 Å². The monoisotopic (exact) mass is 356 g/mol. The van der Waals surface area contributed by atoms with Crippen LogP contribution in [-0.2, 0) is 4.79 Å². The zero-order valence-corrected chi connectivity index (χ0v) is 14.3. The Balaban J connectivity index is 1.59. The van der Waals surface area contributed by atoms with Gasteiger partial charge in [-0.15, -0.1) is 23.2 Å². The molecular weight excluding hydrogens is 339 g/mol. The standard InChI is InChI=1S/C16H18Cl2N2O3/c1-15(10-16(15,17)18)14(23)20-8-6-19(7-9-20)13(22)11-2-4-12(21)5-3-11/h2-5,21H,6-10H2,1H3. The number of phenolic OH excluding ortho intramolecular Hbond substituents is 1. The molecule has 1 aromatic carbocycles. The number of halogens is 2. The molecule has 2 amide bonds. The van der Waals surface area contributed by atoms with Crippen molar-refractivity contribution in [1.82, 2.24) is 9.80 Å². The Morgan fingerprint density at radius 3 is 2.00 bits per heavy atom. The highest BCUT2D eigenvalue weighted by Gasteiger charge is 2.68. The molecule has 3 rings (SSSR count). The van der Waals surface area contributed by atoms with Crippen molar-refractivity contribution < 1.29 is 14.7 Å². The van der Waals surface area contributed by atoms with Crippen LogP contribution in [0.15, 0.2) is 24.3 Å². The number of rotatable bonds is 2. The van der Waals surface area contributed by atoms with Crippen molar-refractivity contribution in [2.45, 2.75) is 17.7 Å². The molecule has 7 heteroatoms. The molecule has 124 valence electrons. The molecule has 23 heavy (non-hydrogen) atoms. The van der Waals surface area contributed by atoms with Crippen LogP contribution in [0, 0.1) is 5.41 Å². The fourth-order valence-electron chi connectivity index (χ4n) is 2.88. The summed E-state index contributed by atoms with van der Waals surface area (Å²) in [5, 5.41) is 9.28. The van der Waals surface area contributed by atoms with E-state index in [9.17, 15) is 14.7 Å². The predicted molar refractivity (Wildman–Crippen MR) is 87.8 cm³/mol. The van der Waals surface area contributed by atoms with Gasteiger partial charge in [0.05, 0.1) is 5.41 Å². The van der Waals surface area contributed by atoms with Crippen LogP contribution in [0.3, 0.4) is 0 Å². The van der Waals surface area contributed by atoms with E-state index in [1.54, 1.807) is 28.9 Å². The first-order valence-corrected chi connectivity index (χ1v) is 8.26. The van der Waals surface area contributed by atoms with Gasteiger partial charge in [-0.2, -0.15) is 0 Å². The number of piperazine rings is 1. The lowest BCUT2D eigenvalue weighted by Crippen LogP contribution is -2.52. The van der Waals surface area contributed by atoms with Crippen LogP contribution in [-0.4, -0.2) is 57.2 Å². The number of carbonyl (C=O) groups excluding carboxylic acids is 2. The number of hydrogen-bond donors (Lipinski definition) is 1. The maximum absolute atomic E-state index is 12.5. The van der Waals surface area contributed by atoms with Crippen molar-refractivity contribution in [3.8, 4) is 5.75 Å². The Morgan fingerprint density at radius 2 is 1.52 bits per heavy atom. The first kappa shape index (κ1) is 16.4. The normalized spacial score (nSPS) is 26.0. The Labute approximate surface area is 144 Å². The number of amides is 2. The molecule has 0 aromatic heterocycles. The largest absolute Gasteiger partial charge is 0.508 e. The van der Waals surface area contributed by atoms with Gasteiger partial charge >= 0.3 is 0 Å². The van der Waals surface area contributed by atoms with E-state index in [-0.39, 0.29) is 17.6 Å². The van der Waals surface area contributed by atoms with Crippen LogP contribution in [0.4, 0.5) is 0 Å². The highest BCUT2D eigenvalue weighted by atomic mass is 35.5. The maximum Gasteiger partial charge on any atom is 0.253 e. The second kappa shape index (κ2) is 5.56. The number of phenols is 1. The molecule has 1 atom stereocenters. The van der Waals surface area contributed by atoms with E-state index in [0.29, 0.717) is 38.2 Å². The Kier molecular flexibility index (Phi) is 3.97. The first-order valence-electron chi connectivity index (χ1n) is 7.50. The van der Waals surface area contributed by atoms with E-state index < -0.39 is 9.75 Å². The lowest BCUT2D eigenvalue weighted by atomic mass is 10.1. The smallest absolute Gasteiger partial charge is 0.253 e. The molecule has 1 aliphatic heterocycles. The molecule has 2 aliphatic rings. The van der Waals surface area contributed by atoms with Gasteiger partial charge in [0.2, 0.25) is 5.91 Å². The van der Waals surface area contributed by atoms with Crippen LogP contribution in [0.25, 0.3) is 0 Å². The average Bonchev–Trinajstić information content (AvgIpc) is 3.06. The van der Waals surface area contributed by atoms with Gasteiger partial charge < -0.3 is 14.9 Å². The van der Waals surface area contributed by atoms with Crippen LogP contribution in [0.2, 0.25) is 0 Å². The molecule has 0 spiro atoms. The van der Waals surface area contributed by atoms with Gasteiger partial charge in [-0.3, -0.25) is 9.59 Å². The van der Waals surface area contributed by atoms with Crippen LogP contribution >= 0.6 is 23.2 Å². The summed E-state index contributed by atoms with van der Waals surface area (Å²) in [6, 6.07) is 6.16. The quantitative estimate of drug-likeness (QED) is 0.826. The molecular formula is C16H18Cl2N2O3. The Hall–Kier alpha value is -1.46. The summed E-state index contributed by atoms with van der Waals surface area (Å²) in [6.45, 7) is 3.67. The summed E-state index contributed by atoms with van der Waals surface area (Å²) >= 11 is 12.1. The summed E-state index contributed by atoms with van der Waals surface area (Å²) < 4.78 is -0.969. The molecule has 0 bridgehead atoms. The number of hydrogen-bond acceptors (Lipinski definition) is 3. The van der Waals surface area contributed by atoms with Gasteiger partial charge in [-0.25, -0.2) is 0 Å². The van der Waals surface area contributed by atoms with Crippen molar-refractivity contribution in [1.29, 1.82) is 0 Å². The van der Waals surface area contributed by atoms with Crippen LogP contribution in [0.1, 0.15) is 23.7 Å². The second-order valence-electron chi connectivity index (χ2n) is 6.34. The molecule has 1 N–H and O–H groups in total. The fraction of sp³-hybridized carbons (Fsp3) is 0.500. The summed E-state index contributed by atoms with van der Waals surface area (Å²) in [5.41, 5.74) is -0.184. The minimum atomic E-state index is -0.969. The number of carbonyl (C=O) groups is 2. The van der Waals surface area contributed by atoms with Crippen molar-refractivity contribution in [2.75, 3.05) is 26.2 Å². The zero-order chi connectivity index (χ0) is 16.8. The number of nitrogens with zero attached hydrogens (tertiary/aromatic N) is 2. The van der Waals surface area contributed by atoms with Gasteiger partial charge in [-0.05, 0) is 37.6 Å². The molecule has 1 saturated carbocycles. The van der Waals surface area contributed by atoms with Crippen molar-refractivity contribution in [3.63, 3.8) is 0 Å². The topological polar surface area (TPSA) is 60.9 Å². The molecule has 5 nitrogen and oxygen atoms in total. The lowest BCUT2D eigenvalue weighted by molar-refractivity contribution is -0.137. The van der Waals surface area contributed by atoms with Gasteiger partial charge in [0.25, 0.3) is 5.91 Å². The first-order chi connectivity index (χ1) is 10.7. The summed E-state index contributed by atoms with van der Waals surface area (Å²) in [4.78, 5) is 28.3. The van der Waals surface area contributed by atoms with Crippen LogP contribution in [0.5, 0.6) is 5.75 Å². The van der Waals surface area contributed by atoms with Crippen LogP contribution < -0.4 is 0 Å². The van der Waals surface area contributed by atoms with Gasteiger partial charge in [-0.1, -0.05) is 0 Å². The molecule has 1 unspecified atom stereocenters. The lowest BCUT2D eigenvalue weighted by Gasteiger charge is -2.36. The van der Waals surface area contributed by atoms with E-state index in [4.69, 9.17) is 23.2 Å². The highest BCUT2D eigenvalue weighted by molar-refractivity contribution is 6.53. The summed E-state index contributed by atoms with van der Waals surface area (Å²) in [7, 11) is 0. The van der Waals surface area contributed by atoms with E-state index >= 15 is 0 Å². The molecule has 1 aromatic rings. The number of alkyl halides is 2. The SMILES string of the molecule is CC1(C(=O)N2CCN(C(=O)c3ccc(O)cc3)CC2)CC1(Cl)Cl. The molecule has 1 heterocycles. The summed E-state index contributed by atoms with van der Waals surface area (Å²) in [5.74, 6) is -0.0155. The fourth-order valence-corrected chi connectivity index (χ4v) is 3.58. The minimum Gasteiger partial charge on any atom is -0.508 e. The number of aromatic hydroxyl groups is 1. The maximum atomic E-state index is 12.5. The van der Waals surface area contributed by atoms with E-state index in [2.05, 4.69) is 0 Å². The van der Waals surface area contributed by atoms with Gasteiger partial charge in [0.1, 0.15) is 10.1 Å². The number of benzene rings is 1. The zero-order valence-electron chi connectivity index (χ0n) is 12.8. The van der Waals surface area contributed by atoms with Crippen molar-refractivity contribution in [2.24, 2.45) is 5.41 Å². The van der Waals surface area contributed by atoms with E-state index in [1.807, 2.05) is 0 Å². The Bertz CT molecular complexity index is 639. The molecule has 1 aliphatic carbocycles. The average molecular weight is 357 g/mol. The molecule has 2 fully saturated rings. The third-order valence-electron chi connectivity index (χ3n) is 4.70. The summed E-state index contributed by atoms with van der Waals surface area (Å²) in [6.07, 6.45) is 0.467. The highest BCUT2D eigenvalue weighted by Crippen LogP contribution is 2.64. The third-order valence-corrected chi connectivity index (χ3v) is 5.80. The molecule has 1 saturated heterocycles. The van der Waals surface area contributed by atoms with Gasteiger partial charge in [0.15, 0.2) is 0 Å². The van der Waals surface area contributed by atoms with E-state index in [1.165, 1.54) is 12.1 Å². The minimum absolute atomic E-state index is 0.0424. The van der Waals surface area contributed by atoms with Crippen molar-refractivity contribution in [3.05, 3.63) is 29.8 Å². The van der Waals surface area contributed by atoms with Crippen molar-refractivity contribution >= 4 is 35.0 Å². The predicted octanol–water partition coefficient (Wildman–Crippen LogP) is 2.26. The third kappa shape index (κ3) is 2.88. The Morgan fingerprint density at radius 1 is 1.04 bits per heavy atom.